The molecule has 0 N–H and O–H groups in total. The molecule has 1 unspecified atom stereocenters. The molecule has 0 aliphatic heterocycles. The van der Waals surface area contributed by atoms with Gasteiger partial charge in [0.05, 0.1) is 13.2 Å². The average molecular weight is 238 g/mol. The van der Waals surface area contributed by atoms with Crippen LogP contribution in [0, 0.1) is 11.3 Å². The van der Waals surface area contributed by atoms with Gasteiger partial charge >= 0.3 is 0 Å². The second kappa shape index (κ2) is 6.31. The van der Waals surface area contributed by atoms with Crippen molar-refractivity contribution < 1.29 is 4.74 Å². The summed E-state index contributed by atoms with van der Waals surface area (Å²) in [6, 6.07) is 10.3. The minimum Gasteiger partial charge on any atom is -0.376 e. The van der Waals surface area contributed by atoms with Crippen LogP contribution >= 0.6 is 12.6 Å². The Hall–Kier alpha value is -0.470. The molecule has 1 atom stereocenters. The molecule has 1 aromatic rings. The fourth-order valence-corrected chi connectivity index (χ4v) is 2.12. The highest BCUT2D eigenvalue weighted by atomic mass is 32.1. The molecule has 0 amide bonds. The molecule has 2 heteroatoms. The average Bonchev–Trinajstić information content (AvgIpc) is 2.24. The van der Waals surface area contributed by atoms with Gasteiger partial charge in [0.25, 0.3) is 0 Å². The van der Waals surface area contributed by atoms with Crippen molar-refractivity contribution in [3.05, 3.63) is 35.9 Å². The van der Waals surface area contributed by atoms with Crippen LogP contribution in [0.4, 0.5) is 0 Å². The monoisotopic (exact) mass is 238 g/mol. The van der Waals surface area contributed by atoms with Crippen molar-refractivity contribution in [1.29, 1.82) is 0 Å². The second-order valence-corrected chi connectivity index (χ2v) is 5.61. The van der Waals surface area contributed by atoms with E-state index in [9.17, 15) is 0 Å². The van der Waals surface area contributed by atoms with Gasteiger partial charge in [0, 0.05) is 0 Å². The van der Waals surface area contributed by atoms with Crippen molar-refractivity contribution in [3.8, 4) is 0 Å². The molecule has 0 fully saturated rings. The first-order valence-corrected chi connectivity index (χ1v) is 6.40. The summed E-state index contributed by atoms with van der Waals surface area (Å²) in [4.78, 5) is 0. The third kappa shape index (κ3) is 4.58. The maximum Gasteiger partial charge on any atom is 0.0717 e. The molecule has 1 aromatic carbocycles. The lowest BCUT2D eigenvalue weighted by Crippen LogP contribution is -2.26. The van der Waals surface area contributed by atoms with Gasteiger partial charge < -0.3 is 4.74 Å². The highest BCUT2D eigenvalue weighted by molar-refractivity contribution is 7.80. The smallest absolute Gasteiger partial charge is 0.0717 e. The molecule has 0 saturated heterocycles. The number of ether oxygens (including phenoxy) is 1. The SMILES string of the molecule is CC(C)(C)C(CS)COCc1ccccc1. The lowest BCUT2D eigenvalue weighted by molar-refractivity contribution is 0.0561. The van der Waals surface area contributed by atoms with Crippen molar-refractivity contribution in [3.63, 3.8) is 0 Å². The van der Waals surface area contributed by atoms with E-state index in [-0.39, 0.29) is 5.41 Å². The standard InChI is InChI=1S/C14H22OS/c1-14(2,3)13(11-16)10-15-9-12-7-5-4-6-8-12/h4-8,13,16H,9-11H2,1-3H3. The maximum absolute atomic E-state index is 5.75. The third-order valence-electron chi connectivity index (χ3n) is 2.88. The quantitative estimate of drug-likeness (QED) is 0.768. The van der Waals surface area contributed by atoms with Crippen LogP contribution in [0.1, 0.15) is 26.3 Å². The number of rotatable bonds is 5. The predicted octanol–water partition coefficient (Wildman–Crippen LogP) is 3.80. The molecular formula is C14H22OS. The molecule has 16 heavy (non-hydrogen) atoms. The van der Waals surface area contributed by atoms with Crippen LogP contribution < -0.4 is 0 Å². The third-order valence-corrected chi connectivity index (χ3v) is 3.32. The zero-order valence-corrected chi connectivity index (χ0v) is 11.3. The maximum atomic E-state index is 5.75. The van der Waals surface area contributed by atoms with Crippen LogP contribution in [-0.4, -0.2) is 12.4 Å². The Balaban J connectivity index is 2.35. The minimum atomic E-state index is 0.262. The van der Waals surface area contributed by atoms with E-state index >= 15 is 0 Å². The summed E-state index contributed by atoms with van der Waals surface area (Å²) < 4.78 is 5.75. The van der Waals surface area contributed by atoms with E-state index in [1.807, 2.05) is 18.2 Å². The Bertz CT molecular complexity index is 289. The van der Waals surface area contributed by atoms with E-state index in [2.05, 4.69) is 45.5 Å². The van der Waals surface area contributed by atoms with E-state index in [1.54, 1.807) is 0 Å². The van der Waals surface area contributed by atoms with Gasteiger partial charge in [-0.05, 0) is 22.6 Å². The molecule has 0 bridgehead atoms. The van der Waals surface area contributed by atoms with Gasteiger partial charge in [0.1, 0.15) is 0 Å². The van der Waals surface area contributed by atoms with Crippen LogP contribution in [0.5, 0.6) is 0 Å². The fraction of sp³-hybridized carbons (Fsp3) is 0.571. The molecule has 0 spiro atoms. The topological polar surface area (TPSA) is 9.23 Å². The largest absolute Gasteiger partial charge is 0.376 e. The first-order chi connectivity index (χ1) is 7.54. The van der Waals surface area contributed by atoms with Crippen LogP contribution in [-0.2, 0) is 11.3 Å². The fourth-order valence-electron chi connectivity index (χ4n) is 1.47. The van der Waals surface area contributed by atoms with Crippen molar-refractivity contribution in [2.45, 2.75) is 27.4 Å². The van der Waals surface area contributed by atoms with Crippen LogP contribution in [0.3, 0.4) is 0 Å². The number of thiol groups is 1. The Labute approximate surface area is 105 Å². The van der Waals surface area contributed by atoms with E-state index < -0.39 is 0 Å². The highest BCUT2D eigenvalue weighted by Crippen LogP contribution is 2.27. The Morgan fingerprint density at radius 1 is 1.19 bits per heavy atom. The second-order valence-electron chi connectivity index (χ2n) is 5.25. The predicted molar refractivity (Wildman–Crippen MR) is 72.9 cm³/mol. The number of hydrogen-bond donors (Lipinski definition) is 1. The van der Waals surface area contributed by atoms with Gasteiger partial charge in [-0.25, -0.2) is 0 Å². The highest BCUT2D eigenvalue weighted by Gasteiger charge is 2.23. The molecule has 0 aliphatic carbocycles. The normalized spacial score (nSPS) is 13.8. The van der Waals surface area contributed by atoms with Crippen LogP contribution in [0.25, 0.3) is 0 Å². The summed E-state index contributed by atoms with van der Waals surface area (Å²) >= 11 is 4.39. The van der Waals surface area contributed by atoms with Gasteiger partial charge in [-0.15, -0.1) is 0 Å². The zero-order chi connectivity index (χ0) is 12.0. The van der Waals surface area contributed by atoms with E-state index in [0.717, 1.165) is 12.4 Å². The molecule has 0 saturated carbocycles. The summed E-state index contributed by atoms with van der Waals surface area (Å²) in [7, 11) is 0. The Morgan fingerprint density at radius 3 is 2.31 bits per heavy atom. The lowest BCUT2D eigenvalue weighted by Gasteiger charge is -2.29. The van der Waals surface area contributed by atoms with E-state index in [0.29, 0.717) is 12.5 Å². The molecular weight excluding hydrogens is 216 g/mol. The van der Waals surface area contributed by atoms with Gasteiger partial charge in [0.2, 0.25) is 0 Å². The summed E-state index contributed by atoms with van der Waals surface area (Å²) in [6.07, 6.45) is 0. The summed E-state index contributed by atoms with van der Waals surface area (Å²) in [5, 5.41) is 0. The number of benzene rings is 1. The summed E-state index contributed by atoms with van der Waals surface area (Å²) in [5.41, 5.74) is 1.49. The minimum absolute atomic E-state index is 0.262. The van der Waals surface area contributed by atoms with E-state index in [1.165, 1.54) is 5.56 Å². The van der Waals surface area contributed by atoms with Crippen molar-refractivity contribution in [2.24, 2.45) is 11.3 Å². The molecule has 1 nitrogen and oxygen atoms in total. The Morgan fingerprint density at radius 2 is 1.81 bits per heavy atom. The van der Waals surface area contributed by atoms with Crippen molar-refractivity contribution >= 4 is 12.6 Å². The summed E-state index contributed by atoms with van der Waals surface area (Å²) in [5.74, 6) is 1.37. The first-order valence-electron chi connectivity index (χ1n) is 5.76. The van der Waals surface area contributed by atoms with Gasteiger partial charge in [-0.2, -0.15) is 12.6 Å². The first kappa shape index (κ1) is 13.6. The molecule has 90 valence electrons. The van der Waals surface area contributed by atoms with Crippen molar-refractivity contribution in [2.75, 3.05) is 12.4 Å². The van der Waals surface area contributed by atoms with Gasteiger partial charge in [-0.3, -0.25) is 0 Å². The van der Waals surface area contributed by atoms with Gasteiger partial charge in [-0.1, -0.05) is 51.1 Å². The Kier molecular flexibility index (Phi) is 5.36. The zero-order valence-electron chi connectivity index (χ0n) is 10.4. The molecule has 0 aromatic heterocycles. The summed E-state index contributed by atoms with van der Waals surface area (Å²) in [6.45, 7) is 8.18. The van der Waals surface area contributed by atoms with Gasteiger partial charge in [0.15, 0.2) is 0 Å². The molecule has 0 heterocycles. The van der Waals surface area contributed by atoms with Crippen LogP contribution in [0.2, 0.25) is 0 Å². The van der Waals surface area contributed by atoms with Crippen molar-refractivity contribution in [1.82, 2.24) is 0 Å². The number of hydrogen-bond acceptors (Lipinski definition) is 2. The van der Waals surface area contributed by atoms with Crippen LogP contribution in [0.15, 0.2) is 30.3 Å². The molecule has 0 aliphatic rings. The molecule has 0 radical (unpaired) electrons. The van der Waals surface area contributed by atoms with E-state index in [4.69, 9.17) is 4.74 Å². The lowest BCUT2D eigenvalue weighted by atomic mass is 9.82. The molecule has 1 rings (SSSR count).